The number of aliphatic hydroxyl groups excluding tert-OH is 3. The number of nitrogens with two attached hydrogens (primary N) is 1. The van der Waals surface area contributed by atoms with E-state index in [9.17, 15) is 44.3 Å². The van der Waals surface area contributed by atoms with Gasteiger partial charge in [0.05, 0.1) is 53.8 Å². The van der Waals surface area contributed by atoms with Gasteiger partial charge in [-0.25, -0.2) is 9.07 Å². The van der Waals surface area contributed by atoms with Crippen LogP contribution < -0.4 is 11.1 Å². The molecule has 0 saturated carbocycles. The Labute approximate surface area is 453 Å². The smallest absolute Gasteiger partial charge is 0.311 e. The first-order valence-electron chi connectivity index (χ1n) is 27.0. The zero-order valence-electron chi connectivity index (χ0n) is 47.6. The van der Waals surface area contributed by atoms with Gasteiger partial charge in [0.2, 0.25) is 5.91 Å². The van der Waals surface area contributed by atoms with Gasteiger partial charge in [-0.15, -0.1) is 5.10 Å². The van der Waals surface area contributed by atoms with Crippen LogP contribution in [0.3, 0.4) is 0 Å². The lowest BCUT2D eigenvalue weighted by Crippen LogP contribution is -2.61. The summed E-state index contributed by atoms with van der Waals surface area (Å²) in [6.07, 6.45) is -8.60. The number of ether oxygens (including phenoxy) is 7. The van der Waals surface area contributed by atoms with E-state index in [0.29, 0.717) is 37.2 Å². The Kier molecular flexibility index (Phi) is 22.5. The number of cyclic esters (lactones) is 1. The first kappa shape index (κ1) is 64.0. The highest BCUT2D eigenvalue weighted by Gasteiger charge is 2.53. The number of methoxy groups -OCH3 is 2. The Morgan fingerprint density at radius 3 is 2.26 bits per heavy atom. The Balaban J connectivity index is 1.42. The number of nitrogens with zero attached hydrogens (tertiary/aromatic N) is 5. The number of amides is 2. The summed E-state index contributed by atoms with van der Waals surface area (Å²) >= 11 is 0. The fourth-order valence-electron chi connectivity index (χ4n) is 11.6. The highest BCUT2D eigenvalue weighted by atomic mass is 19.1. The molecule has 2 aromatic rings. The number of benzene rings is 1. The molecule has 23 heteroatoms. The molecule has 20 atom stereocenters. The fourth-order valence-corrected chi connectivity index (χ4v) is 11.6. The van der Waals surface area contributed by atoms with Gasteiger partial charge in [-0.3, -0.25) is 14.4 Å². The molecule has 3 aliphatic rings. The topological polar surface area (TPSA) is 292 Å². The first-order chi connectivity index (χ1) is 36.0. The summed E-state index contributed by atoms with van der Waals surface area (Å²) in [6.45, 7) is 16.8. The molecule has 0 bridgehead atoms. The maximum atomic E-state index is 14.9. The molecular weight excluding hydrogens is 1010 g/mol. The van der Waals surface area contributed by atoms with Crippen LogP contribution in [0.2, 0.25) is 0 Å². The Hall–Kier alpha value is -3.82. The second kappa shape index (κ2) is 27.1. The summed E-state index contributed by atoms with van der Waals surface area (Å²) in [6, 6.07) is 4.28. The van der Waals surface area contributed by atoms with Gasteiger partial charge in [0, 0.05) is 69.9 Å². The molecule has 0 unspecified atom stereocenters. The molecule has 4 heterocycles. The van der Waals surface area contributed by atoms with E-state index < -0.39 is 139 Å². The minimum absolute atomic E-state index is 0.0669. The molecule has 0 spiro atoms. The zero-order valence-corrected chi connectivity index (χ0v) is 47.6. The van der Waals surface area contributed by atoms with Crippen LogP contribution in [0.4, 0.5) is 4.39 Å². The van der Waals surface area contributed by atoms with Crippen molar-refractivity contribution >= 4 is 17.8 Å². The lowest BCUT2D eigenvalue weighted by Gasteiger charge is -2.49. The number of likely N-dealkylation sites (N-methyl/N-ethyl adjacent to an activating group) is 2. The van der Waals surface area contributed by atoms with Crippen LogP contribution in [0.25, 0.3) is 0 Å². The quantitative estimate of drug-likeness (QED) is 0.105. The summed E-state index contributed by atoms with van der Waals surface area (Å²) < 4.78 is 60.2. The molecule has 1 aromatic heterocycles. The number of rotatable bonds is 18. The van der Waals surface area contributed by atoms with E-state index >= 15 is 0 Å². The van der Waals surface area contributed by atoms with Crippen molar-refractivity contribution in [2.75, 3.05) is 54.6 Å². The summed E-state index contributed by atoms with van der Waals surface area (Å²) in [5.41, 5.74) is 1.89. The van der Waals surface area contributed by atoms with Crippen molar-refractivity contribution in [1.82, 2.24) is 30.1 Å². The minimum atomic E-state index is -1.87. The average molecular weight is 1100 g/mol. The van der Waals surface area contributed by atoms with Gasteiger partial charge >= 0.3 is 5.97 Å². The molecule has 8 N–H and O–H groups in total. The van der Waals surface area contributed by atoms with Gasteiger partial charge in [0.1, 0.15) is 48.8 Å². The van der Waals surface area contributed by atoms with Crippen molar-refractivity contribution in [2.24, 2.45) is 23.5 Å². The van der Waals surface area contributed by atoms with Crippen molar-refractivity contribution in [1.29, 1.82) is 0 Å². The van der Waals surface area contributed by atoms with Crippen LogP contribution in [-0.2, 0) is 49.2 Å². The molecule has 5 rings (SSSR count). The molecule has 0 aliphatic carbocycles. The number of nitrogens with one attached hydrogen (secondary N) is 1. The Bertz CT molecular complexity index is 2210. The van der Waals surface area contributed by atoms with Crippen molar-refractivity contribution in [3.05, 3.63) is 47.3 Å². The van der Waals surface area contributed by atoms with E-state index in [1.165, 1.54) is 38.0 Å². The lowest BCUT2D eigenvalue weighted by atomic mass is 9.77. The zero-order chi connectivity index (χ0) is 57.5. The van der Waals surface area contributed by atoms with Crippen molar-refractivity contribution in [3.63, 3.8) is 0 Å². The van der Waals surface area contributed by atoms with Gasteiger partial charge in [0.15, 0.2) is 12.6 Å². The number of primary amides is 1. The lowest BCUT2D eigenvalue weighted by molar-refractivity contribution is -0.318. The summed E-state index contributed by atoms with van der Waals surface area (Å²) in [5, 5.41) is 70.9. The second-order valence-electron chi connectivity index (χ2n) is 22.8. The number of aliphatic hydroxyl groups is 5. The number of halogens is 1. The number of esters is 1. The fraction of sp³-hybridized carbons (Fsp3) is 0.796. The Morgan fingerprint density at radius 2 is 1.66 bits per heavy atom. The maximum absolute atomic E-state index is 14.9. The van der Waals surface area contributed by atoms with Crippen molar-refractivity contribution in [2.45, 2.75) is 204 Å². The van der Waals surface area contributed by atoms with Gasteiger partial charge in [-0.1, -0.05) is 38.1 Å². The highest BCUT2D eigenvalue weighted by Crippen LogP contribution is 2.41. The van der Waals surface area contributed by atoms with Gasteiger partial charge in [-0.05, 0) is 105 Å². The predicted molar refractivity (Wildman–Crippen MR) is 280 cm³/mol. The maximum Gasteiger partial charge on any atom is 0.311 e. The molecule has 3 saturated heterocycles. The SMILES string of the molecule is CC[C@H]1OC(=O)[C@H](C)[C@@H](O[C@H]2C[C@@](C)(OC)[C@@H](O)[C@H](C)O2)[C@H](C)[C@@H](O[C@@H]2O[C@H](C)C[C@H](N(C)CCc3cn([C@H](CF)[C@H](OC)c4ccc(C(=O)NCC(N)=O)cc4)nn3)[C@H]2O)[C@](C)(O)C[C@@H](C)CN(C)[C@H](C)[C@@H](O)[C@]1(C)O. The largest absolute Gasteiger partial charge is 0.459 e. The van der Waals surface area contributed by atoms with Gasteiger partial charge in [-0.2, -0.15) is 0 Å². The van der Waals surface area contributed by atoms with Crippen molar-refractivity contribution < 1.29 is 77.5 Å². The molecule has 3 aliphatic heterocycles. The highest BCUT2D eigenvalue weighted by molar-refractivity contribution is 5.96. The number of hydrogen-bond acceptors (Lipinski definition) is 19. The third-order valence-corrected chi connectivity index (χ3v) is 16.4. The number of aromatic nitrogens is 3. The second-order valence-corrected chi connectivity index (χ2v) is 22.8. The van der Waals surface area contributed by atoms with Crippen LogP contribution in [-0.4, -0.2) is 213 Å². The molecule has 2 amide bonds. The van der Waals surface area contributed by atoms with E-state index in [2.05, 4.69) is 15.6 Å². The predicted octanol–water partition coefficient (Wildman–Crippen LogP) is 2.22. The summed E-state index contributed by atoms with van der Waals surface area (Å²) in [7, 11) is 6.59. The summed E-state index contributed by atoms with van der Waals surface area (Å²) in [4.78, 5) is 41.9. The van der Waals surface area contributed by atoms with Gasteiger partial charge < -0.3 is 79.5 Å². The molecule has 77 heavy (non-hydrogen) atoms. The molecule has 0 radical (unpaired) electrons. The number of alkyl halides is 1. The summed E-state index contributed by atoms with van der Waals surface area (Å²) in [5.74, 6) is -4.14. The van der Waals surface area contributed by atoms with E-state index in [-0.39, 0.29) is 37.3 Å². The van der Waals surface area contributed by atoms with Gasteiger partial charge in [0.25, 0.3) is 5.91 Å². The van der Waals surface area contributed by atoms with Crippen LogP contribution in [0, 0.1) is 17.8 Å². The van der Waals surface area contributed by atoms with Crippen LogP contribution in [0.15, 0.2) is 30.5 Å². The normalized spacial score (nSPS) is 38.0. The Morgan fingerprint density at radius 1 is 1.00 bits per heavy atom. The molecule has 22 nitrogen and oxygen atoms in total. The van der Waals surface area contributed by atoms with Crippen LogP contribution >= 0.6 is 0 Å². The minimum Gasteiger partial charge on any atom is -0.459 e. The average Bonchev–Trinajstić information content (AvgIpc) is 3.85. The number of carbonyl (C=O) groups excluding carboxylic acids is 3. The molecule has 1 aromatic carbocycles. The van der Waals surface area contributed by atoms with E-state index in [1.54, 1.807) is 66.8 Å². The number of carbonyl (C=O) groups is 3. The third kappa shape index (κ3) is 15.4. The van der Waals surface area contributed by atoms with Crippen LogP contribution in [0.5, 0.6) is 0 Å². The van der Waals surface area contributed by atoms with E-state index in [4.69, 9.17) is 38.9 Å². The molecule has 438 valence electrons. The third-order valence-electron chi connectivity index (χ3n) is 16.4. The van der Waals surface area contributed by atoms with Crippen LogP contribution in [0.1, 0.15) is 129 Å². The standard InChI is InChI=1S/C54H90FN7O15/c1-15-40-54(10,70)46(65)33(6)61(12)27-29(2)23-52(8,69)48(31(4)44(32(5)50(68)75-40)76-42-24-53(9,72-14)47(66)34(7)74-42)77-51-43(64)38(22-30(3)73-51)60(11)21-20-37-28-62(59-58-37)39(25-55)45(71-13)35-16-18-36(19-17-35)49(67)57-26-41(56)63/h16-19,28-34,38-40,42-48,51,64-66,69-70H,15,20-27H2,1-14H3,(H2,56,63)(H,57,67)/t29-,30-,31+,32-,33-,34+,38+,39-,40-,42+,43-,44+,45-,46-,47+,48-,51+,52-,53-,54-/m1/s1. The van der Waals surface area contributed by atoms with E-state index in [1.807, 2.05) is 37.7 Å². The molecular formula is C54H90FN7O15. The monoisotopic (exact) mass is 1100 g/mol. The van der Waals surface area contributed by atoms with Crippen molar-refractivity contribution in [3.8, 4) is 0 Å². The number of hydrogen-bond donors (Lipinski definition) is 7. The van der Waals surface area contributed by atoms with E-state index in [0.717, 1.165) is 0 Å². The first-order valence-corrected chi connectivity index (χ1v) is 27.0. The molecule has 3 fully saturated rings.